The molecule has 0 radical (unpaired) electrons. The van der Waals surface area contributed by atoms with Crippen LogP contribution in [0.5, 0.6) is 0 Å². The van der Waals surface area contributed by atoms with Gasteiger partial charge in [0.05, 0.1) is 6.10 Å². The Balaban J connectivity index is 2.64. The van der Waals surface area contributed by atoms with Gasteiger partial charge in [0.25, 0.3) is 0 Å². The number of aliphatic hydroxyl groups excluding tert-OH is 1. The summed E-state index contributed by atoms with van der Waals surface area (Å²) in [5, 5.41) is 9.46. The maximum Gasteiger partial charge on any atom is 0.0540 e. The lowest BCUT2D eigenvalue weighted by atomic mass is 9.82. The first-order chi connectivity index (χ1) is 7.27. The van der Waals surface area contributed by atoms with Crippen molar-refractivity contribution in [3.05, 3.63) is 36.0 Å². The molecule has 1 aliphatic carbocycles. The van der Waals surface area contributed by atoms with Crippen LogP contribution < -0.4 is 0 Å². The highest BCUT2D eigenvalue weighted by molar-refractivity contribution is 5.26. The van der Waals surface area contributed by atoms with Crippen LogP contribution in [0.2, 0.25) is 0 Å². The molecule has 0 aliphatic heterocycles. The van der Waals surface area contributed by atoms with Crippen molar-refractivity contribution in [2.75, 3.05) is 0 Å². The number of hydrogen-bond acceptors (Lipinski definition) is 1. The number of rotatable bonds is 3. The van der Waals surface area contributed by atoms with Crippen LogP contribution in [0.1, 0.15) is 39.5 Å². The van der Waals surface area contributed by atoms with Crippen molar-refractivity contribution < 1.29 is 5.11 Å². The van der Waals surface area contributed by atoms with Gasteiger partial charge in [-0.1, -0.05) is 30.4 Å². The van der Waals surface area contributed by atoms with Gasteiger partial charge in [0.1, 0.15) is 0 Å². The molecule has 0 spiro atoms. The molecular formula is C14H22O. The van der Waals surface area contributed by atoms with E-state index in [0.717, 1.165) is 25.7 Å². The Morgan fingerprint density at radius 2 is 1.73 bits per heavy atom. The molecule has 0 saturated heterocycles. The van der Waals surface area contributed by atoms with E-state index in [9.17, 15) is 5.11 Å². The van der Waals surface area contributed by atoms with E-state index in [0.29, 0.717) is 5.92 Å². The van der Waals surface area contributed by atoms with Gasteiger partial charge in [0.15, 0.2) is 0 Å². The Hall–Kier alpha value is -0.820. The summed E-state index contributed by atoms with van der Waals surface area (Å²) < 4.78 is 0. The van der Waals surface area contributed by atoms with Crippen LogP contribution in [-0.4, -0.2) is 11.2 Å². The number of hydrogen-bond donors (Lipinski definition) is 1. The molecule has 0 amide bonds. The second-order valence-electron chi connectivity index (χ2n) is 4.20. The van der Waals surface area contributed by atoms with Gasteiger partial charge in [0.2, 0.25) is 0 Å². The fraction of sp³-hybridized carbons (Fsp3) is 0.571. The van der Waals surface area contributed by atoms with Crippen molar-refractivity contribution in [2.45, 2.75) is 45.6 Å². The lowest BCUT2D eigenvalue weighted by Gasteiger charge is -2.26. The van der Waals surface area contributed by atoms with E-state index in [2.05, 4.69) is 37.3 Å². The zero-order valence-electron chi connectivity index (χ0n) is 9.82. The second kappa shape index (κ2) is 6.62. The minimum Gasteiger partial charge on any atom is -0.393 e. The summed E-state index contributed by atoms with van der Waals surface area (Å²) in [5.74, 6) is 0.640. The van der Waals surface area contributed by atoms with Crippen LogP contribution in [-0.2, 0) is 0 Å². The normalized spacial score (nSPS) is 29.1. The summed E-state index contributed by atoms with van der Waals surface area (Å²) in [4.78, 5) is 0. The Morgan fingerprint density at radius 3 is 2.27 bits per heavy atom. The largest absolute Gasteiger partial charge is 0.393 e. The van der Waals surface area contributed by atoms with E-state index < -0.39 is 0 Å². The van der Waals surface area contributed by atoms with E-state index in [1.807, 2.05) is 6.92 Å². The molecule has 1 saturated carbocycles. The quantitative estimate of drug-likeness (QED) is 0.699. The Bertz CT molecular complexity index is 253. The van der Waals surface area contributed by atoms with Crippen LogP contribution in [0.25, 0.3) is 0 Å². The van der Waals surface area contributed by atoms with E-state index in [-0.39, 0.29) is 6.10 Å². The summed E-state index contributed by atoms with van der Waals surface area (Å²) in [6.45, 7) is 4.09. The van der Waals surface area contributed by atoms with Gasteiger partial charge in [-0.05, 0) is 51.0 Å². The fourth-order valence-electron chi connectivity index (χ4n) is 2.14. The highest BCUT2D eigenvalue weighted by atomic mass is 16.3. The Labute approximate surface area is 93.2 Å². The summed E-state index contributed by atoms with van der Waals surface area (Å²) in [5.41, 5.74) is 1.41. The van der Waals surface area contributed by atoms with E-state index >= 15 is 0 Å². The SMILES string of the molecule is C\C=C/C(=C\C=C\C)C1CCC(O)CC1. The molecule has 1 N–H and O–H groups in total. The van der Waals surface area contributed by atoms with Gasteiger partial charge in [-0.25, -0.2) is 0 Å². The number of aliphatic hydroxyl groups is 1. The topological polar surface area (TPSA) is 20.2 Å². The molecule has 1 rings (SSSR count). The minimum absolute atomic E-state index is 0.0603. The molecule has 1 heteroatoms. The molecule has 15 heavy (non-hydrogen) atoms. The molecule has 0 aromatic carbocycles. The molecule has 0 aromatic rings. The van der Waals surface area contributed by atoms with Crippen molar-refractivity contribution in [3.8, 4) is 0 Å². The average Bonchev–Trinajstić information content (AvgIpc) is 2.25. The molecule has 84 valence electrons. The molecule has 0 aromatic heterocycles. The Kier molecular flexibility index (Phi) is 5.41. The maximum atomic E-state index is 9.46. The van der Waals surface area contributed by atoms with Gasteiger partial charge in [-0.15, -0.1) is 0 Å². The van der Waals surface area contributed by atoms with Crippen molar-refractivity contribution in [1.29, 1.82) is 0 Å². The lowest BCUT2D eigenvalue weighted by Crippen LogP contribution is -2.19. The first-order valence-corrected chi connectivity index (χ1v) is 5.91. The molecule has 1 nitrogen and oxygen atoms in total. The molecule has 1 fully saturated rings. The number of allylic oxidation sites excluding steroid dienone is 6. The van der Waals surface area contributed by atoms with Crippen molar-refractivity contribution in [2.24, 2.45) is 5.92 Å². The Morgan fingerprint density at radius 1 is 1.07 bits per heavy atom. The highest BCUT2D eigenvalue weighted by Crippen LogP contribution is 2.30. The summed E-state index contributed by atoms with van der Waals surface area (Å²) in [7, 11) is 0. The van der Waals surface area contributed by atoms with Crippen LogP contribution in [0.15, 0.2) is 36.0 Å². The fourth-order valence-corrected chi connectivity index (χ4v) is 2.14. The van der Waals surface area contributed by atoms with Crippen molar-refractivity contribution >= 4 is 0 Å². The standard InChI is InChI=1S/C14H22O/c1-3-5-7-12(6-4-2)13-8-10-14(15)11-9-13/h3-7,13-15H,8-11H2,1-2H3/b5-3+,6-4-,12-7+. The smallest absolute Gasteiger partial charge is 0.0540 e. The summed E-state index contributed by atoms with van der Waals surface area (Å²) in [6.07, 6.45) is 14.7. The van der Waals surface area contributed by atoms with Gasteiger partial charge in [-0.2, -0.15) is 0 Å². The third-order valence-electron chi connectivity index (χ3n) is 3.01. The highest BCUT2D eigenvalue weighted by Gasteiger charge is 2.20. The summed E-state index contributed by atoms with van der Waals surface area (Å²) >= 11 is 0. The van der Waals surface area contributed by atoms with Crippen LogP contribution in [0.3, 0.4) is 0 Å². The van der Waals surface area contributed by atoms with Gasteiger partial charge in [-0.3, -0.25) is 0 Å². The maximum absolute atomic E-state index is 9.46. The van der Waals surface area contributed by atoms with Gasteiger partial charge in [0, 0.05) is 0 Å². The molecule has 0 heterocycles. The van der Waals surface area contributed by atoms with E-state index in [1.54, 1.807) is 0 Å². The van der Waals surface area contributed by atoms with Crippen molar-refractivity contribution in [1.82, 2.24) is 0 Å². The monoisotopic (exact) mass is 206 g/mol. The molecule has 0 bridgehead atoms. The van der Waals surface area contributed by atoms with Crippen LogP contribution >= 0.6 is 0 Å². The molecular weight excluding hydrogens is 184 g/mol. The summed E-state index contributed by atoms with van der Waals surface area (Å²) in [6, 6.07) is 0. The predicted octanol–water partition coefficient (Wildman–Crippen LogP) is 3.62. The molecule has 0 atom stereocenters. The van der Waals surface area contributed by atoms with Gasteiger partial charge < -0.3 is 5.11 Å². The first kappa shape index (κ1) is 12.3. The third kappa shape index (κ3) is 4.05. The van der Waals surface area contributed by atoms with Crippen LogP contribution in [0, 0.1) is 5.92 Å². The zero-order valence-corrected chi connectivity index (χ0v) is 9.82. The molecule has 1 aliphatic rings. The first-order valence-electron chi connectivity index (χ1n) is 5.91. The van der Waals surface area contributed by atoms with Crippen LogP contribution in [0.4, 0.5) is 0 Å². The third-order valence-corrected chi connectivity index (χ3v) is 3.01. The second-order valence-corrected chi connectivity index (χ2v) is 4.20. The van der Waals surface area contributed by atoms with E-state index in [1.165, 1.54) is 5.57 Å². The lowest BCUT2D eigenvalue weighted by molar-refractivity contribution is 0.116. The molecule has 0 unspecified atom stereocenters. The predicted molar refractivity (Wildman–Crippen MR) is 65.7 cm³/mol. The zero-order chi connectivity index (χ0) is 11.1. The average molecular weight is 206 g/mol. The van der Waals surface area contributed by atoms with Crippen molar-refractivity contribution in [3.63, 3.8) is 0 Å². The van der Waals surface area contributed by atoms with E-state index in [4.69, 9.17) is 0 Å². The minimum atomic E-state index is -0.0603. The van der Waals surface area contributed by atoms with Gasteiger partial charge >= 0.3 is 0 Å².